The van der Waals surface area contributed by atoms with E-state index in [0.29, 0.717) is 4.90 Å². The monoisotopic (exact) mass is 425 g/mol. The molecule has 0 radical (unpaired) electrons. The number of aldehydes is 1. The lowest BCUT2D eigenvalue weighted by Crippen LogP contribution is -2.44. The molecule has 1 saturated heterocycles. The zero-order chi connectivity index (χ0) is 21.0. The number of carbonyl (C=O) groups is 1. The molecule has 0 amide bonds. The van der Waals surface area contributed by atoms with Gasteiger partial charge in [0.05, 0.1) is 4.90 Å². The summed E-state index contributed by atoms with van der Waals surface area (Å²) in [5, 5.41) is 1.10. The molecule has 0 aliphatic carbocycles. The number of fused-ring (bicyclic) bond motifs is 1. The largest absolute Gasteiger partial charge is 0.361 e. The maximum Gasteiger partial charge on any atom is 0.240 e. The molecule has 0 saturated carbocycles. The molecule has 2 heterocycles. The Labute approximate surface area is 177 Å². The Hall–Kier alpha value is -2.48. The maximum atomic E-state index is 12.5. The van der Waals surface area contributed by atoms with Gasteiger partial charge in [-0.1, -0.05) is 36.4 Å². The SMILES string of the molecule is O=CC(CCN1CCC(NS(=O)(=O)c2ccccc2)CC1)c1c[nH]c2ccccc12. The van der Waals surface area contributed by atoms with Gasteiger partial charge in [-0.3, -0.25) is 0 Å². The van der Waals surface area contributed by atoms with Crippen LogP contribution in [0.15, 0.2) is 65.7 Å². The van der Waals surface area contributed by atoms with Gasteiger partial charge in [0.1, 0.15) is 6.29 Å². The van der Waals surface area contributed by atoms with Crippen LogP contribution in [0.5, 0.6) is 0 Å². The van der Waals surface area contributed by atoms with Gasteiger partial charge in [-0.2, -0.15) is 0 Å². The smallest absolute Gasteiger partial charge is 0.240 e. The minimum absolute atomic E-state index is 0.0538. The van der Waals surface area contributed by atoms with Crippen LogP contribution < -0.4 is 4.72 Å². The fraction of sp³-hybridized carbons (Fsp3) is 0.348. The molecule has 1 atom stereocenters. The van der Waals surface area contributed by atoms with Crippen LogP contribution in [0.2, 0.25) is 0 Å². The zero-order valence-electron chi connectivity index (χ0n) is 16.8. The summed E-state index contributed by atoms with van der Waals surface area (Å²) in [5.41, 5.74) is 2.09. The minimum Gasteiger partial charge on any atom is -0.361 e. The molecular formula is C23H27N3O3S. The summed E-state index contributed by atoms with van der Waals surface area (Å²) in [6.45, 7) is 2.46. The first-order valence-corrected chi connectivity index (χ1v) is 11.9. The number of hydrogen-bond acceptors (Lipinski definition) is 4. The average Bonchev–Trinajstić information content (AvgIpc) is 3.20. The van der Waals surface area contributed by atoms with Crippen LogP contribution >= 0.6 is 0 Å². The van der Waals surface area contributed by atoms with E-state index < -0.39 is 10.0 Å². The lowest BCUT2D eigenvalue weighted by molar-refractivity contribution is -0.109. The molecule has 2 aromatic carbocycles. The third kappa shape index (κ3) is 4.64. The zero-order valence-corrected chi connectivity index (χ0v) is 17.6. The first kappa shape index (κ1) is 20.8. The van der Waals surface area contributed by atoms with Crippen molar-refractivity contribution in [3.05, 3.63) is 66.4 Å². The number of benzene rings is 2. The van der Waals surface area contributed by atoms with Crippen molar-refractivity contribution in [3.63, 3.8) is 0 Å². The van der Waals surface area contributed by atoms with Gasteiger partial charge in [0.25, 0.3) is 0 Å². The molecular weight excluding hydrogens is 398 g/mol. The lowest BCUT2D eigenvalue weighted by atomic mass is 9.96. The van der Waals surface area contributed by atoms with Gasteiger partial charge in [-0.05, 0) is 62.7 Å². The van der Waals surface area contributed by atoms with Crippen molar-refractivity contribution in [3.8, 4) is 0 Å². The minimum atomic E-state index is -3.48. The first-order valence-electron chi connectivity index (χ1n) is 10.4. The van der Waals surface area contributed by atoms with E-state index in [1.54, 1.807) is 30.3 Å². The molecule has 1 unspecified atom stereocenters. The molecule has 3 aromatic rings. The Morgan fingerprint density at radius 3 is 2.50 bits per heavy atom. The Kier molecular flexibility index (Phi) is 6.32. The number of aromatic amines is 1. The maximum absolute atomic E-state index is 12.5. The number of H-pyrrole nitrogens is 1. The van der Waals surface area contributed by atoms with Crippen LogP contribution in [-0.2, 0) is 14.8 Å². The van der Waals surface area contributed by atoms with Gasteiger partial charge in [-0.15, -0.1) is 0 Å². The number of carbonyl (C=O) groups excluding carboxylic acids is 1. The summed E-state index contributed by atoms with van der Waals surface area (Å²) in [6, 6.07) is 16.5. The number of sulfonamides is 1. The van der Waals surface area contributed by atoms with Crippen molar-refractivity contribution < 1.29 is 13.2 Å². The number of aromatic nitrogens is 1. The summed E-state index contributed by atoms with van der Waals surface area (Å²) in [4.78, 5) is 17.6. The van der Waals surface area contributed by atoms with E-state index in [4.69, 9.17) is 0 Å². The third-order valence-electron chi connectivity index (χ3n) is 5.90. The predicted molar refractivity (Wildman–Crippen MR) is 118 cm³/mol. The number of para-hydroxylation sites is 1. The van der Waals surface area contributed by atoms with Gasteiger partial charge in [0.15, 0.2) is 0 Å². The molecule has 1 aromatic heterocycles. The third-order valence-corrected chi connectivity index (χ3v) is 7.44. The van der Waals surface area contributed by atoms with Gasteiger partial charge < -0.3 is 14.7 Å². The van der Waals surface area contributed by atoms with Crippen molar-refractivity contribution in [2.24, 2.45) is 0 Å². The highest BCUT2D eigenvalue weighted by atomic mass is 32.2. The van der Waals surface area contributed by atoms with E-state index in [1.807, 2.05) is 30.5 Å². The van der Waals surface area contributed by atoms with E-state index in [0.717, 1.165) is 61.6 Å². The quantitative estimate of drug-likeness (QED) is 0.543. The number of nitrogens with zero attached hydrogens (tertiary/aromatic N) is 1. The Morgan fingerprint density at radius 1 is 1.07 bits per heavy atom. The molecule has 0 spiro atoms. The van der Waals surface area contributed by atoms with Crippen LogP contribution in [0.4, 0.5) is 0 Å². The van der Waals surface area contributed by atoms with Crippen molar-refractivity contribution >= 4 is 27.2 Å². The fourth-order valence-electron chi connectivity index (χ4n) is 4.18. The highest BCUT2D eigenvalue weighted by Gasteiger charge is 2.25. The van der Waals surface area contributed by atoms with Crippen molar-refractivity contribution in [2.45, 2.75) is 36.1 Å². The number of hydrogen-bond donors (Lipinski definition) is 2. The molecule has 4 rings (SSSR count). The molecule has 0 bridgehead atoms. The number of nitrogens with one attached hydrogen (secondary N) is 2. The second kappa shape index (κ2) is 9.12. The lowest BCUT2D eigenvalue weighted by Gasteiger charge is -2.32. The summed E-state index contributed by atoms with van der Waals surface area (Å²) in [7, 11) is -3.48. The average molecular weight is 426 g/mol. The predicted octanol–water partition coefficient (Wildman–Crippen LogP) is 3.28. The van der Waals surface area contributed by atoms with E-state index in [-0.39, 0.29) is 12.0 Å². The molecule has 7 heteroatoms. The van der Waals surface area contributed by atoms with E-state index in [2.05, 4.69) is 14.6 Å². The summed E-state index contributed by atoms with van der Waals surface area (Å²) in [6.07, 6.45) is 5.27. The second-order valence-electron chi connectivity index (χ2n) is 7.87. The summed E-state index contributed by atoms with van der Waals surface area (Å²) in [5.74, 6) is -0.143. The molecule has 1 fully saturated rings. The van der Waals surface area contributed by atoms with Crippen LogP contribution in [0.3, 0.4) is 0 Å². The molecule has 6 nitrogen and oxygen atoms in total. The van der Waals surface area contributed by atoms with Crippen LogP contribution in [0.1, 0.15) is 30.7 Å². The Bertz CT molecular complexity index is 1090. The molecule has 30 heavy (non-hydrogen) atoms. The van der Waals surface area contributed by atoms with Crippen LogP contribution in [0.25, 0.3) is 10.9 Å². The first-order chi connectivity index (χ1) is 14.6. The summed E-state index contributed by atoms with van der Waals surface area (Å²) < 4.78 is 27.9. The van der Waals surface area contributed by atoms with Crippen LogP contribution in [-0.4, -0.2) is 50.3 Å². The number of piperidine rings is 1. The second-order valence-corrected chi connectivity index (χ2v) is 9.59. The van der Waals surface area contributed by atoms with Gasteiger partial charge in [0, 0.05) is 29.1 Å². The highest BCUT2D eigenvalue weighted by Crippen LogP contribution is 2.27. The van der Waals surface area contributed by atoms with Gasteiger partial charge in [-0.25, -0.2) is 13.1 Å². The van der Waals surface area contributed by atoms with Gasteiger partial charge >= 0.3 is 0 Å². The standard InChI is InChI=1S/C23H27N3O3S/c27-17-18(22-16-24-23-9-5-4-8-21(22)23)10-13-26-14-11-19(12-15-26)25-30(28,29)20-6-2-1-3-7-20/h1-9,16-19,24-25H,10-15H2. The van der Waals surface area contributed by atoms with Crippen LogP contribution in [0, 0.1) is 0 Å². The molecule has 158 valence electrons. The van der Waals surface area contributed by atoms with Gasteiger partial charge in [0.2, 0.25) is 10.0 Å². The highest BCUT2D eigenvalue weighted by molar-refractivity contribution is 7.89. The van der Waals surface area contributed by atoms with Crippen molar-refractivity contribution in [1.29, 1.82) is 0 Å². The molecule has 2 N–H and O–H groups in total. The topological polar surface area (TPSA) is 82.3 Å². The van der Waals surface area contributed by atoms with E-state index in [1.165, 1.54) is 0 Å². The van der Waals surface area contributed by atoms with E-state index >= 15 is 0 Å². The molecule has 1 aliphatic heterocycles. The Balaban J connectivity index is 1.30. The van der Waals surface area contributed by atoms with Crippen molar-refractivity contribution in [2.75, 3.05) is 19.6 Å². The summed E-state index contributed by atoms with van der Waals surface area (Å²) >= 11 is 0. The van der Waals surface area contributed by atoms with Crippen molar-refractivity contribution in [1.82, 2.24) is 14.6 Å². The molecule has 1 aliphatic rings. The Morgan fingerprint density at radius 2 is 1.77 bits per heavy atom. The van der Waals surface area contributed by atoms with E-state index in [9.17, 15) is 13.2 Å². The number of likely N-dealkylation sites (tertiary alicyclic amines) is 1. The number of rotatable bonds is 8. The fourth-order valence-corrected chi connectivity index (χ4v) is 5.51. The normalized spacial score (nSPS) is 17.2.